The van der Waals surface area contributed by atoms with Crippen LogP contribution in [0.1, 0.15) is 111 Å². The Hall–Kier alpha value is -4.78. The monoisotopic (exact) mass is 761 g/mol. The zero-order valence-electron chi connectivity index (χ0n) is 33.2. The van der Waals surface area contributed by atoms with E-state index in [1.54, 1.807) is 39.5 Å². The van der Waals surface area contributed by atoms with E-state index in [-0.39, 0.29) is 17.9 Å². The van der Waals surface area contributed by atoms with E-state index in [1.165, 1.54) is 0 Å². The molecule has 2 aromatic carbocycles. The Bertz CT molecular complexity index is 1600. The highest BCUT2D eigenvalue weighted by Crippen LogP contribution is 2.35. The molecule has 0 aliphatic carbocycles. The highest BCUT2D eigenvalue weighted by Gasteiger charge is 2.46. The van der Waals surface area contributed by atoms with Crippen molar-refractivity contribution < 1.29 is 38.2 Å². The van der Waals surface area contributed by atoms with E-state index < -0.39 is 83.9 Å². The molecule has 0 saturated carbocycles. The van der Waals surface area contributed by atoms with Gasteiger partial charge in [-0.25, -0.2) is 4.79 Å². The third-order valence-electron chi connectivity index (χ3n) is 9.85. The van der Waals surface area contributed by atoms with Crippen molar-refractivity contribution in [2.75, 3.05) is 0 Å². The first-order valence-electron chi connectivity index (χ1n) is 19.5. The number of benzene rings is 2. The summed E-state index contributed by atoms with van der Waals surface area (Å²) in [6.07, 6.45) is 1.91. The number of carbonyl (C=O) groups is 6. The van der Waals surface area contributed by atoms with Gasteiger partial charge in [-0.15, -0.1) is 0 Å². The van der Waals surface area contributed by atoms with E-state index in [2.05, 4.69) is 16.0 Å². The number of fused-ring (bicyclic) bond motifs is 1. The van der Waals surface area contributed by atoms with E-state index in [1.807, 2.05) is 74.5 Å². The molecule has 2 aromatic rings. The van der Waals surface area contributed by atoms with Gasteiger partial charge in [0, 0.05) is 6.04 Å². The number of nitrogens with zero attached hydrogens (tertiary/aromatic N) is 1. The van der Waals surface area contributed by atoms with Gasteiger partial charge in [0.2, 0.25) is 23.6 Å². The minimum atomic E-state index is -1.37. The first kappa shape index (κ1) is 43.0. The van der Waals surface area contributed by atoms with Gasteiger partial charge in [0.25, 0.3) is 0 Å². The molecule has 0 spiro atoms. The van der Waals surface area contributed by atoms with Gasteiger partial charge in [0.15, 0.2) is 6.10 Å². The molecule has 2 heterocycles. The lowest BCUT2D eigenvalue weighted by Gasteiger charge is -2.32. The fourth-order valence-electron chi connectivity index (χ4n) is 7.21. The maximum absolute atomic E-state index is 14.2. The second-order valence-corrected chi connectivity index (χ2v) is 16.4. The van der Waals surface area contributed by atoms with Crippen LogP contribution in [0, 0.1) is 11.8 Å². The molecule has 55 heavy (non-hydrogen) atoms. The van der Waals surface area contributed by atoms with Crippen molar-refractivity contribution in [3.05, 3.63) is 71.8 Å². The maximum Gasteiger partial charge on any atom is 0.329 e. The largest absolute Gasteiger partial charge is 0.460 e. The molecule has 4 amide bonds. The summed E-state index contributed by atoms with van der Waals surface area (Å²) in [5, 5.41) is 8.14. The number of carbonyl (C=O) groups excluding carboxylic acids is 6. The lowest BCUT2D eigenvalue weighted by atomic mass is 10.0. The van der Waals surface area contributed by atoms with Gasteiger partial charge < -0.3 is 36.1 Å². The minimum Gasteiger partial charge on any atom is -0.460 e. The molecule has 2 fully saturated rings. The molecule has 0 radical (unpaired) electrons. The van der Waals surface area contributed by atoms with Gasteiger partial charge in [-0.2, -0.15) is 0 Å². The Balaban J connectivity index is 1.49. The van der Waals surface area contributed by atoms with Crippen LogP contribution in [-0.2, 0) is 38.2 Å². The molecule has 0 aromatic heterocycles. The number of amides is 4. The van der Waals surface area contributed by atoms with Crippen LogP contribution in [0.2, 0.25) is 0 Å². The molecular weight excluding hydrogens is 702 g/mol. The van der Waals surface area contributed by atoms with Crippen LogP contribution in [0.25, 0.3) is 0 Å². The molecule has 6 atom stereocenters. The third-order valence-corrected chi connectivity index (χ3v) is 9.85. The van der Waals surface area contributed by atoms with Crippen LogP contribution < -0.4 is 21.7 Å². The van der Waals surface area contributed by atoms with E-state index in [9.17, 15) is 28.8 Å². The molecule has 2 aliphatic heterocycles. The van der Waals surface area contributed by atoms with Gasteiger partial charge in [-0.1, -0.05) is 88.4 Å². The highest BCUT2D eigenvalue weighted by molar-refractivity contribution is 5.97. The molecule has 13 heteroatoms. The average Bonchev–Trinajstić information content (AvgIpc) is 3.48. The van der Waals surface area contributed by atoms with Crippen LogP contribution in [0.4, 0.5) is 0 Å². The number of hydrogen-bond acceptors (Lipinski definition) is 9. The van der Waals surface area contributed by atoms with Crippen LogP contribution >= 0.6 is 0 Å². The van der Waals surface area contributed by atoms with Gasteiger partial charge in [0.05, 0.1) is 12.5 Å². The fraction of sp³-hybridized carbons (Fsp3) is 0.571. The van der Waals surface area contributed by atoms with Crippen molar-refractivity contribution in [3.8, 4) is 0 Å². The summed E-state index contributed by atoms with van der Waals surface area (Å²) in [6.45, 7) is 12.3. The minimum absolute atomic E-state index is 0.108. The van der Waals surface area contributed by atoms with Crippen LogP contribution in [0.5, 0.6) is 0 Å². The fourth-order valence-corrected chi connectivity index (χ4v) is 7.21. The molecule has 13 nitrogen and oxygen atoms in total. The zero-order valence-corrected chi connectivity index (χ0v) is 33.2. The van der Waals surface area contributed by atoms with Crippen molar-refractivity contribution in [2.45, 2.75) is 141 Å². The van der Waals surface area contributed by atoms with Crippen LogP contribution in [0.15, 0.2) is 60.7 Å². The molecule has 300 valence electrons. The lowest BCUT2D eigenvalue weighted by molar-refractivity contribution is -0.158. The predicted octanol–water partition coefficient (Wildman–Crippen LogP) is 4.08. The topological polar surface area (TPSA) is 186 Å². The van der Waals surface area contributed by atoms with E-state index >= 15 is 0 Å². The Morgan fingerprint density at radius 3 is 1.96 bits per heavy atom. The maximum atomic E-state index is 14.2. The van der Waals surface area contributed by atoms with Crippen molar-refractivity contribution in [1.29, 1.82) is 0 Å². The van der Waals surface area contributed by atoms with Gasteiger partial charge in [0.1, 0.15) is 29.8 Å². The van der Waals surface area contributed by atoms with E-state index in [0.717, 1.165) is 11.1 Å². The number of hydrogen-bond donors (Lipinski definition) is 4. The number of esters is 2. The second-order valence-electron chi connectivity index (χ2n) is 16.4. The zero-order chi connectivity index (χ0) is 40.4. The summed E-state index contributed by atoms with van der Waals surface area (Å²) in [5.74, 6) is -3.94. The molecule has 0 unspecified atom stereocenters. The number of nitrogens with one attached hydrogen (secondary N) is 3. The second kappa shape index (κ2) is 19.2. The van der Waals surface area contributed by atoms with Crippen LogP contribution in [-0.4, -0.2) is 82.3 Å². The summed E-state index contributed by atoms with van der Waals surface area (Å²) in [7, 11) is 0. The third kappa shape index (κ3) is 12.1. The average molecular weight is 762 g/mol. The van der Waals surface area contributed by atoms with Crippen molar-refractivity contribution in [1.82, 2.24) is 20.9 Å². The summed E-state index contributed by atoms with van der Waals surface area (Å²) >= 11 is 0. The normalized spacial score (nSPS) is 20.2. The van der Waals surface area contributed by atoms with Crippen molar-refractivity contribution >= 4 is 35.6 Å². The molecular formula is C42H59N5O8. The predicted molar refractivity (Wildman–Crippen MR) is 207 cm³/mol. The Kier molecular flexibility index (Phi) is 15.0. The molecule has 2 saturated heterocycles. The van der Waals surface area contributed by atoms with Crippen molar-refractivity contribution in [3.63, 3.8) is 0 Å². The van der Waals surface area contributed by atoms with Gasteiger partial charge >= 0.3 is 11.9 Å². The van der Waals surface area contributed by atoms with E-state index in [4.69, 9.17) is 15.2 Å². The molecule has 0 bridgehead atoms. The lowest BCUT2D eigenvalue weighted by Crippen LogP contribution is -2.60. The Labute approximate surface area is 324 Å². The number of ether oxygens (including phenoxy) is 2. The van der Waals surface area contributed by atoms with Gasteiger partial charge in [-0.3, -0.25) is 24.0 Å². The summed E-state index contributed by atoms with van der Waals surface area (Å²) in [6, 6.07) is 13.5. The van der Waals surface area contributed by atoms with Gasteiger partial charge in [-0.05, 0) is 82.3 Å². The quantitative estimate of drug-likeness (QED) is 0.194. The number of nitrogens with two attached hydrogens (primary N) is 1. The first-order chi connectivity index (χ1) is 25.9. The Morgan fingerprint density at radius 2 is 1.42 bits per heavy atom. The standard InChI is InChI=1S/C42H59N5O8/c1-25(2)23-30(43)37(49)45-32(24-34(48)55-42(5,6)7)38(50)46-35(26(3)4)39(51)44-31-20-14-19-29-21-22-33(47(29)40(31)52)41(53)54-36(27-15-10-8-11-16-27)28-17-12-9-13-18-28/h8-13,15-18,25-26,29-33,35-36H,14,19-24,43H2,1-7H3,(H,44,51)(H,45,49)(H,46,50)/t29-,30-,31-,32-,33-,35-/m0/s1. The number of rotatable bonds is 15. The van der Waals surface area contributed by atoms with Crippen LogP contribution in [0.3, 0.4) is 0 Å². The molecule has 5 N–H and O–H groups in total. The van der Waals surface area contributed by atoms with E-state index in [0.29, 0.717) is 38.5 Å². The summed E-state index contributed by atoms with van der Waals surface area (Å²) in [4.78, 5) is 83.2. The molecule has 2 aliphatic rings. The first-order valence-corrected chi connectivity index (χ1v) is 19.5. The van der Waals surface area contributed by atoms with Crippen molar-refractivity contribution in [2.24, 2.45) is 17.6 Å². The molecule has 4 rings (SSSR count). The smallest absolute Gasteiger partial charge is 0.329 e. The summed E-state index contributed by atoms with van der Waals surface area (Å²) in [5.41, 5.74) is 6.85. The Morgan fingerprint density at radius 1 is 0.818 bits per heavy atom. The highest BCUT2D eigenvalue weighted by atomic mass is 16.6. The summed E-state index contributed by atoms with van der Waals surface area (Å²) < 4.78 is 11.6. The SMILES string of the molecule is CC(C)C[C@H](N)C(=O)N[C@@H](CC(=O)OC(C)(C)C)C(=O)N[C@H](C(=O)N[C@H]1CCC[C@H]2CC[C@@H](C(=O)OC(c3ccccc3)c3ccccc3)N2C1=O)C(C)C.